The zero-order valence-corrected chi connectivity index (χ0v) is 8.82. The van der Waals surface area contributed by atoms with Gasteiger partial charge in [0.1, 0.15) is 11.4 Å². The van der Waals surface area contributed by atoms with Crippen molar-refractivity contribution in [2.45, 2.75) is 0 Å². The van der Waals surface area contributed by atoms with Gasteiger partial charge in [0, 0.05) is 24.7 Å². The second kappa shape index (κ2) is 3.79. The van der Waals surface area contributed by atoms with Gasteiger partial charge in [0.2, 0.25) is 5.78 Å². The largest absolute Gasteiger partial charge is 0.285 e. The fourth-order valence-electron chi connectivity index (χ4n) is 1.57. The highest BCUT2D eigenvalue weighted by molar-refractivity contribution is 6.06. The SMILES string of the molecule is O=C(c1ccccn1)c1cc2ncccn2n1. The Balaban J connectivity index is 2.07. The van der Waals surface area contributed by atoms with E-state index in [9.17, 15) is 4.79 Å². The standard InChI is InChI=1S/C12H8N4O/c17-12(9-4-1-2-5-13-9)10-8-11-14-6-3-7-16(11)15-10/h1-8H. The fraction of sp³-hybridized carbons (Fsp3) is 0. The van der Waals surface area contributed by atoms with Gasteiger partial charge in [-0.15, -0.1) is 0 Å². The Morgan fingerprint density at radius 1 is 1.06 bits per heavy atom. The van der Waals surface area contributed by atoms with Crippen LogP contribution in [0.2, 0.25) is 0 Å². The van der Waals surface area contributed by atoms with Crippen molar-refractivity contribution in [2.24, 2.45) is 0 Å². The maximum Gasteiger partial charge on any atom is 0.231 e. The average molecular weight is 224 g/mol. The number of nitrogens with zero attached hydrogens (tertiary/aromatic N) is 4. The van der Waals surface area contributed by atoms with Crippen LogP contribution in [0.4, 0.5) is 0 Å². The highest BCUT2D eigenvalue weighted by Crippen LogP contribution is 2.08. The molecule has 0 saturated carbocycles. The molecule has 82 valence electrons. The molecule has 0 aliphatic heterocycles. The van der Waals surface area contributed by atoms with Gasteiger partial charge < -0.3 is 0 Å². The lowest BCUT2D eigenvalue weighted by Crippen LogP contribution is -2.04. The van der Waals surface area contributed by atoms with E-state index in [4.69, 9.17) is 0 Å². The monoisotopic (exact) mass is 224 g/mol. The normalized spacial score (nSPS) is 10.6. The summed E-state index contributed by atoms with van der Waals surface area (Å²) in [5.74, 6) is -0.198. The van der Waals surface area contributed by atoms with Crippen molar-refractivity contribution < 1.29 is 4.79 Å². The van der Waals surface area contributed by atoms with Gasteiger partial charge in [-0.25, -0.2) is 9.50 Å². The summed E-state index contributed by atoms with van der Waals surface area (Å²) in [6.07, 6.45) is 4.99. The molecule has 17 heavy (non-hydrogen) atoms. The van der Waals surface area contributed by atoms with Crippen LogP contribution in [-0.4, -0.2) is 25.4 Å². The molecule has 0 saturated heterocycles. The van der Waals surface area contributed by atoms with Crippen molar-refractivity contribution >= 4 is 11.4 Å². The zero-order chi connectivity index (χ0) is 11.7. The molecule has 3 aromatic rings. The molecular formula is C12H8N4O. The lowest BCUT2D eigenvalue weighted by atomic mass is 10.2. The molecule has 0 aliphatic rings. The second-order valence-corrected chi connectivity index (χ2v) is 3.50. The van der Waals surface area contributed by atoms with Crippen molar-refractivity contribution in [1.82, 2.24) is 19.6 Å². The van der Waals surface area contributed by atoms with Crippen molar-refractivity contribution in [1.29, 1.82) is 0 Å². The predicted molar refractivity (Wildman–Crippen MR) is 60.7 cm³/mol. The molecule has 0 atom stereocenters. The summed E-state index contributed by atoms with van der Waals surface area (Å²) in [4.78, 5) is 20.2. The van der Waals surface area contributed by atoms with Crippen LogP contribution < -0.4 is 0 Å². The highest BCUT2D eigenvalue weighted by Gasteiger charge is 2.14. The summed E-state index contributed by atoms with van der Waals surface area (Å²) >= 11 is 0. The van der Waals surface area contributed by atoms with E-state index in [-0.39, 0.29) is 5.78 Å². The quantitative estimate of drug-likeness (QED) is 0.616. The first-order valence-corrected chi connectivity index (χ1v) is 5.11. The van der Waals surface area contributed by atoms with E-state index in [0.29, 0.717) is 17.0 Å². The molecule has 0 unspecified atom stereocenters. The van der Waals surface area contributed by atoms with Gasteiger partial charge in [-0.2, -0.15) is 5.10 Å². The molecular weight excluding hydrogens is 216 g/mol. The third kappa shape index (κ3) is 1.67. The Bertz CT molecular complexity index is 642. The van der Waals surface area contributed by atoms with Crippen LogP contribution in [0.3, 0.4) is 0 Å². The van der Waals surface area contributed by atoms with Gasteiger partial charge in [0.05, 0.1) is 0 Å². The Labute approximate surface area is 96.8 Å². The molecule has 0 spiro atoms. The molecule has 0 fully saturated rings. The Hall–Kier alpha value is -2.56. The van der Waals surface area contributed by atoms with E-state index in [1.54, 1.807) is 53.4 Å². The van der Waals surface area contributed by atoms with Crippen LogP contribution in [0.15, 0.2) is 48.9 Å². The van der Waals surface area contributed by atoms with E-state index in [2.05, 4.69) is 15.1 Å². The van der Waals surface area contributed by atoms with Crippen LogP contribution >= 0.6 is 0 Å². The Kier molecular flexibility index (Phi) is 2.15. The highest BCUT2D eigenvalue weighted by atomic mass is 16.1. The van der Waals surface area contributed by atoms with E-state index in [1.807, 2.05) is 0 Å². The lowest BCUT2D eigenvalue weighted by molar-refractivity contribution is 0.102. The summed E-state index contributed by atoms with van der Waals surface area (Å²) in [5.41, 5.74) is 1.38. The van der Waals surface area contributed by atoms with Gasteiger partial charge in [-0.3, -0.25) is 9.78 Å². The number of ketones is 1. The van der Waals surface area contributed by atoms with Gasteiger partial charge in [0.15, 0.2) is 5.65 Å². The molecule has 3 aromatic heterocycles. The van der Waals surface area contributed by atoms with Gasteiger partial charge in [-0.1, -0.05) is 6.07 Å². The minimum Gasteiger partial charge on any atom is -0.285 e. The van der Waals surface area contributed by atoms with Crippen molar-refractivity contribution in [3.05, 3.63) is 60.3 Å². The van der Waals surface area contributed by atoms with Crippen LogP contribution in [-0.2, 0) is 0 Å². The van der Waals surface area contributed by atoms with Gasteiger partial charge >= 0.3 is 0 Å². The van der Waals surface area contributed by atoms with Crippen LogP contribution in [0, 0.1) is 0 Å². The molecule has 0 N–H and O–H groups in total. The smallest absolute Gasteiger partial charge is 0.231 e. The molecule has 5 heteroatoms. The summed E-state index contributed by atoms with van der Waals surface area (Å²) in [5, 5.41) is 4.15. The van der Waals surface area contributed by atoms with Crippen molar-refractivity contribution in [3.63, 3.8) is 0 Å². The minimum absolute atomic E-state index is 0.198. The van der Waals surface area contributed by atoms with Crippen molar-refractivity contribution in [2.75, 3.05) is 0 Å². The third-order valence-corrected chi connectivity index (χ3v) is 2.37. The maximum absolute atomic E-state index is 12.0. The van der Waals surface area contributed by atoms with Crippen molar-refractivity contribution in [3.8, 4) is 0 Å². The summed E-state index contributed by atoms with van der Waals surface area (Å²) in [6.45, 7) is 0. The number of aromatic nitrogens is 4. The molecule has 0 amide bonds. The number of hydrogen-bond acceptors (Lipinski definition) is 4. The molecule has 3 heterocycles. The predicted octanol–water partition coefficient (Wildman–Crippen LogP) is 1.36. The Morgan fingerprint density at radius 2 is 1.94 bits per heavy atom. The molecule has 5 nitrogen and oxygen atoms in total. The maximum atomic E-state index is 12.0. The van der Waals surface area contributed by atoms with E-state index in [1.165, 1.54) is 0 Å². The average Bonchev–Trinajstić information content (AvgIpc) is 2.82. The number of rotatable bonds is 2. The van der Waals surface area contributed by atoms with Crippen LogP contribution in [0.1, 0.15) is 16.2 Å². The summed E-state index contributed by atoms with van der Waals surface area (Å²) in [6, 6.07) is 8.61. The summed E-state index contributed by atoms with van der Waals surface area (Å²) in [7, 11) is 0. The third-order valence-electron chi connectivity index (χ3n) is 2.37. The fourth-order valence-corrected chi connectivity index (χ4v) is 1.57. The van der Waals surface area contributed by atoms with Crippen LogP contribution in [0.25, 0.3) is 5.65 Å². The zero-order valence-electron chi connectivity index (χ0n) is 8.82. The van der Waals surface area contributed by atoms with E-state index in [0.717, 1.165) is 0 Å². The summed E-state index contributed by atoms with van der Waals surface area (Å²) < 4.78 is 1.57. The first kappa shape index (κ1) is 9.65. The Morgan fingerprint density at radius 3 is 2.71 bits per heavy atom. The van der Waals surface area contributed by atoms with Gasteiger partial charge in [0.25, 0.3) is 0 Å². The van der Waals surface area contributed by atoms with Crippen LogP contribution in [0.5, 0.6) is 0 Å². The molecule has 0 bridgehead atoms. The molecule has 0 aromatic carbocycles. The minimum atomic E-state index is -0.198. The first-order valence-electron chi connectivity index (χ1n) is 5.11. The van der Waals surface area contributed by atoms with E-state index < -0.39 is 0 Å². The van der Waals surface area contributed by atoms with Gasteiger partial charge in [-0.05, 0) is 18.2 Å². The number of carbonyl (C=O) groups is 1. The topological polar surface area (TPSA) is 60.2 Å². The molecule has 0 aliphatic carbocycles. The number of hydrogen-bond donors (Lipinski definition) is 0. The second-order valence-electron chi connectivity index (χ2n) is 3.50. The van der Waals surface area contributed by atoms with E-state index >= 15 is 0 Å². The molecule has 0 radical (unpaired) electrons. The number of fused-ring (bicyclic) bond motifs is 1. The first-order chi connectivity index (χ1) is 8.34. The molecule has 3 rings (SSSR count). The number of pyridine rings is 1. The lowest BCUT2D eigenvalue weighted by Gasteiger charge is -1.93. The number of carbonyl (C=O) groups excluding carboxylic acids is 1.